The fourth-order valence-electron chi connectivity index (χ4n) is 2.59. The van der Waals surface area contributed by atoms with E-state index in [0.717, 1.165) is 17.1 Å². The van der Waals surface area contributed by atoms with Gasteiger partial charge >= 0.3 is 0 Å². The lowest BCUT2D eigenvalue weighted by atomic mass is 10.2. The Balaban J connectivity index is 2.27. The molecule has 6 heteroatoms. The van der Waals surface area contributed by atoms with Crippen LogP contribution in [0.1, 0.15) is 5.82 Å². The minimum absolute atomic E-state index is 0.130. The molecule has 0 radical (unpaired) electrons. The summed E-state index contributed by atoms with van der Waals surface area (Å²) >= 11 is 6.21. The van der Waals surface area contributed by atoms with Crippen LogP contribution in [0.2, 0.25) is 5.02 Å². The van der Waals surface area contributed by atoms with Gasteiger partial charge in [0.05, 0.1) is 27.3 Å². The maximum atomic E-state index is 12.9. The molecule has 1 heterocycles. The van der Waals surface area contributed by atoms with E-state index in [1.807, 2.05) is 38.2 Å². The van der Waals surface area contributed by atoms with Crippen LogP contribution in [0, 0.1) is 6.92 Å². The zero-order valence-corrected chi connectivity index (χ0v) is 13.9. The molecule has 1 aromatic heterocycles. The highest BCUT2D eigenvalue weighted by Crippen LogP contribution is 2.26. The summed E-state index contributed by atoms with van der Waals surface area (Å²) in [6.45, 7) is 1.82. The first-order chi connectivity index (χ1) is 11.0. The van der Waals surface area contributed by atoms with Crippen molar-refractivity contribution in [2.75, 3.05) is 24.7 Å². The molecule has 3 rings (SSSR count). The average Bonchev–Trinajstić information content (AvgIpc) is 2.56. The van der Waals surface area contributed by atoms with Gasteiger partial charge in [-0.1, -0.05) is 11.6 Å². The van der Waals surface area contributed by atoms with Gasteiger partial charge in [-0.15, -0.1) is 0 Å². The predicted molar refractivity (Wildman–Crippen MR) is 96.2 cm³/mol. The molecule has 0 amide bonds. The molecule has 0 aliphatic heterocycles. The van der Waals surface area contributed by atoms with E-state index in [-0.39, 0.29) is 5.56 Å². The molecule has 118 valence electrons. The van der Waals surface area contributed by atoms with E-state index in [1.165, 1.54) is 0 Å². The lowest BCUT2D eigenvalue weighted by molar-refractivity contribution is 0.895. The molecule has 0 atom stereocenters. The van der Waals surface area contributed by atoms with E-state index < -0.39 is 0 Å². The maximum absolute atomic E-state index is 12.9. The van der Waals surface area contributed by atoms with Crippen molar-refractivity contribution in [1.29, 1.82) is 0 Å². The monoisotopic (exact) mass is 328 g/mol. The quantitative estimate of drug-likeness (QED) is 0.773. The number of nitrogens with zero attached hydrogens (tertiary/aromatic N) is 2. The summed E-state index contributed by atoms with van der Waals surface area (Å²) in [5.41, 5.74) is 3.00. The van der Waals surface area contributed by atoms with Crippen LogP contribution >= 0.6 is 11.6 Å². The Morgan fingerprint density at radius 2 is 1.78 bits per heavy atom. The minimum atomic E-state index is -0.130. The molecule has 23 heavy (non-hydrogen) atoms. The highest BCUT2D eigenvalue weighted by Gasteiger charge is 2.12. The van der Waals surface area contributed by atoms with Crippen LogP contribution in [-0.2, 0) is 0 Å². The number of hydrogen-bond donors (Lipinski definition) is 2. The minimum Gasteiger partial charge on any atom is -0.388 e. The molecule has 0 aliphatic rings. The van der Waals surface area contributed by atoms with Crippen LogP contribution in [0.5, 0.6) is 0 Å². The molecule has 0 aliphatic carbocycles. The van der Waals surface area contributed by atoms with Crippen molar-refractivity contribution in [3.8, 4) is 5.69 Å². The molecule has 0 fully saturated rings. The van der Waals surface area contributed by atoms with E-state index >= 15 is 0 Å². The Kier molecular flexibility index (Phi) is 3.96. The van der Waals surface area contributed by atoms with Crippen molar-refractivity contribution in [1.82, 2.24) is 9.55 Å². The van der Waals surface area contributed by atoms with Crippen LogP contribution in [-0.4, -0.2) is 23.6 Å². The first kappa shape index (κ1) is 15.4. The molecule has 3 aromatic rings. The fourth-order valence-corrected chi connectivity index (χ4v) is 2.85. The predicted octanol–water partition coefficient (Wildman–Crippen LogP) is 3.43. The third-order valence-corrected chi connectivity index (χ3v) is 4.12. The lowest BCUT2D eigenvalue weighted by Gasteiger charge is -2.13. The van der Waals surface area contributed by atoms with Crippen molar-refractivity contribution >= 4 is 33.9 Å². The van der Waals surface area contributed by atoms with E-state index in [0.29, 0.717) is 21.7 Å². The number of anilines is 2. The Morgan fingerprint density at radius 3 is 2.39 bits per heavy atom. The van der Waals surface area contributed by atoms with Gasteiger partial charge in [0.25, 0.3) is 5.56 Å². The number of halogens is 1. The largest absolute Gasteiger partial charge is 0.388 e. The first-order valence-electron chi connectivity index (χ1n) is 7.24. The van der Waals surface area contributed by atoms with Gasteiger partial charge in [0.2, 0.25) is 0 Å². The third-order valence-electron chi connectivity index (χ3n) is 3.81. The molecule has 5 nitrogen and oxygen atoms in total. The van der Waals surface area contributed by atoms with Crippen molar-refractivity contribution in [2.24, 2.45) is 0 Å². The van der Waals surface area contributed by atoms with E-state index in [2.05, 4.69) is 15.6 Å². The molecule has 0 saturated heterocycles. The number of fused-ring (bicyclic) bond motifs is 1. The van der Waals surface area contributed by atoms with Crippen molar-refractivity contribution in [3.05, 3.63) is 57.6 Å². The van der Waals surface area contributed by atoms with E-state index in [4.69, 9.17) is 11.6 Å². The van der Waals surface area contributed by atoms with Crippen LogP contribution in [0.25, 0.3) is 16.6 Å². The molecular formula is C17H17ClN4O. The number of aryl methyl sites for hydroxylation is 1. The van der Waals surface area contributed by atoms with Gasteiger partial charge < -0.3 is 10.6 Å². The zero-order valence-electron chi connectivity index (χ0n) is 13.1. The Morgan fingerprint density at radius 1 is 1.09 bits per heavy atom. The summed E-state index contributed by atoms with van der Waals surface area (Å²) in [5.74, 6) is 0.629. The van der Waals surface area contributed by atoms with Gasteiger partial charge in [-0.3, -0.25) is 9.36 Å². The van der Waals surface area contributed by atoms with Gasteiger partial charge in [-0.2, -0.15) is 0 Å². The first-order valence-corrected chi connectivity index (χ1v) is 7.62. The van der Waals surface area contributed by atoms with Crippen molar-refractivity contribution in [3.63, 3.8) is 0 Å². The van der Waals surface area contributed by atoms with Gasteiger partial charge in [0, 0.05) is 19.8 Å². The van der Waals surface area contributed by atoms with Gasteiger partial charge in [-0.05, 0) is 43.3 Å². The fraction of sp³-hybridized carbons (Fsp3) is 0.176. The standard InChI is InChI=1S/C17H17ClN4O/c1-10-21-15-9-16(20-3)14(18)8-13(15)17(23)22(10)12-6-4-11(19-2)5-7-12/h4-9,19-20H,1-3H3. The van der Waals surface area contributed by atoms with Gasteiger partial charge in [0.1, 0.15) is 5.82 Å². The number of benzene rings is 2. The maximum Gasteiger partial charge on any atom is 0.266 e. The number of nitrogens with one attached hydrogen (secondary N) is 2. The van der Waals surface area contributed by atoms with Crippen LogP contribution in [0.4, 0.5) is 11.4 Å². The summed E-state index contributed by atoms with van der Waals surface area (Å²) in [4.78, 5) is 17.4. The average molecular weight is 329 g/mol. The lowest BCUT2D eigenvalue weighted by Crippen LogP contribution is -2.22. The van der Waals surface area contributed by atoms with Gasteiger partial charge in [-0.25, -0.2) is 4.98 Å². The SMILES string of the molecule is CNc1ccc(-n2c(C)nc3cc(NC)c(Cl)cc3c2=O)cc1. The summed E-state index contributed by atoms with van der Waals surface area (Å²) < 4.78 is 1.59. The van der Waals surface area contributed by atoms with Crippen molar-refractivity contribution < 1.29 is 0 Å². The Labute approximate surface area is 138 Å². The molecule has 2 N–H and O–H groups in total. The van der Waals surface area contributed by atoms with Crippen LogP contribution < -0.4 is 16.2 Å². The normalized spacial score (nSPS) is 10.8. The zero-order chi connectivity index (χ0) is 16.6. The molecular weight excluding hydrogens is 312 g/mol. The second-order valence-corrected chi connectivity index (χ2v) is 5.60. The Bertz CT molecular complexity index is 932. The molecule has 2 aromatic carbocycles. The van der Waals surface area contributed by atoms with Gasteiger partial charge in [0.15, 0.2) is 0 Å². The Hall–Kier alpha value is -2.53. The molecule has 0 unspecified atom stereocenters. The van der Waals surface area contributed by atoms with E-state index in [9.17, 15) is 4.79 Å². The number of hydrogen-bond acceptors (Lipinski definition) is 4. The van der Waals surface area contributed by atoms with E-state index in [1.54, 1.807) is 23.7 Å². The summed E-state index contributed by atoms with van der Waals surface area (Å²) in [7, 11) is 3.63. The van der Waals surface area contributed by atoms with Crippen LogP contribution in [0.15, 0.2) is 41.2 Å². The number of rotatable bonds is 3. The second-order valence-electron chi connectivity index (χ2n) is 5.20. The highest BCUT2D eigenvalue weighted by molar-refractivity contribution is 6.34. The molecule has 0 saturated carbocycles. The third kappa shape index (κ3) is 2.64. The smallest absolute Gasteiger partial charge is 0.266 e. The van der Waals surface area contributed by atoms with Crippen LogP contribution in [0.3, 0.4) is 0 Å². The summed E-state index contributed by atoms with van der Waals surface area (Å²) in [6.07, 6.45) is 0. The topological polar surface area (TPSA) is 59.0 Å². The second kappa shape index (κ2) is 5.93. The summed E-state index contributed by atoms with van der Waals surface area (Å²) in [6, 6.07) is 11.1. The molecule has 0 spiro atoms. The number of aromatic nitrogens is 2. The highest BCUT2D eigenvalue weighted by atomic mass is 35.5. The van der Waals surface area contributed by atoms with Crippen molar-refractivity contribution in [2.45, 2.75) is 6.92 Å². The summed E-state index contributed by atoms with van der Waals surface area (Å²) in [5, 5.41) is 7.05. The molecule has 0 bridgehead atoms.